The van der Waals surface area contributed by atoms with Crippen LogP contribution in [0.25, 0.3) is 10.8 Å². The number of aryl methyl sites for hydroxylation is 1. The lowest BCUT2D eigenvalue weighted by Gasteiger charge is -2.12. The average Bonchev–Trinajstić information content (AvgIpc) is 3.04. The van der Waals surface area contributed by atoms with Gasteiger partial charge in [0.1, 0.15) is 5.69 Å². The Balaban J connectivity index is 1.84. The Labute approximate surface area is 137 Å². The number of H-pyrrole nitrogens is 1. The van der Waals surface area contributed by atoms with Crippen molar-refractivity contribution >= 4 is 28.0 Å². The maximum atomic E-state index is 12.4. The largest absolute Gasteiger partial charge is 0.343 e. The van der Waals surface area contributed by atoms with Crippen molar-refractivity contribution in [1.29, 1.82) is 0 Å². The first-order chi connectivity index (χ1) is 11.1. The zero-order chi connectivity index (χ0) is 16.4. The van der Waals surface area contributed by atoms with Gasteiger partial charge in [-0.1, -0.05) is 25.1 Å². The number of aromatic amines is 1. The Morgan fingerprint density at radius 1 is 1.39 bits per heavy atom. The van der Waals surface area contributed by atoms with E-state index in [4.69, 9.17) is 0 Å². The molecule has 0 saturated heterocycles. The number of benzene rings is 1. The molecule has 0 fully saturated rings. The number of thiazole rings is 1. The van der Waals surface area contributed by atoms with Gasteiger partial charge in [0, 0.05) is 10.8 Å². The highest BCUT2D eigenvalue weighted by atomic mass is 32.1. The molecular weight excluding hydrogens is 310 g/mol. The summed E-state index contributed by atoms with van der Waals surface area (Å²) >= 11 is 1.58. The van der Waals surface area contributed by atoms with Crippen LogP contribution >= 0.6 is 11.3 Å². The number of hydrogen-bond acceptors (Lipinski definition) is 4. The molecule has 2 aromatic heterocycles. The average molecular weight is 327 g/mol. The molecule has 1 unspecified atom stereocenters. The highest BCUT2D eigenvalue weighted by Crippen LogP contribution is 2.17. The van der Waals surface area contributed by atoms with E-state index in [0.717, 1.165) is 22.5 Å². The molecule has 6 heteroatoms. The minimum Gasteiger partial charge on any atom is -0.343 e. The molecule has 0 aliphatic carbocycles. The predicted molar refractivity (Wildman–Crippen MR) is 91.9 cm³/mol. The Hall–Kier alpha value is -2.47. The van der Waals surface area contributed by atoms with Gasteiger partial charge >= 0.3 is 0 Å². The van der Waals surface area contributed by atoms with Crippen LogP contribution in [-0.2, 0) is 6.42 Å². The smallest absolute Gasteiger partial charge is 0.268 e. The monoisotopic (exact) mass is 327 g/mol. The summed E-state index contributed by atoms with van der Waals surface area (Å²) in [6, 6.07) is 8.67. The first kappa shape index (κ1) is 15.4. The zero-order valence-corrected chi connectivity index (χ0v) is 13.7. The summed E-state index contributed by atoms with van der Waals surface area (Å²) in [6.45, 7) is 3.93. The number of carbonyl (C=O) groups is 1. The molecule has 0 spiro atoms. The van der Waals surface area contributed by atoms with Crippen molar-refractivity contribution < 1.29 is 4.79 Å². The summed E-state index contributed by atoms with van der Waals surface area (Å²) in [5.41, 5.74) is 0.831. The Kier molecular flexibility index (Phi) is 4.25. The molecule has 3 aromatic rings. The van der Waals surface area contributed by atoms with E-state index in [9.17, 15) is 9.59 Å². The third-order valence-electron chi connectivity index (χ3n) is 3.66. The molecule has 1 atom stereocenters. The van der Waals surface area contributed by atoms with Crippen molar-refractivity contribution in [1.82, 2.24) is 15.3 Å². The van der Waals surface area contributed by atoms with Crippen LogP contribution < -0.4 is 10.9 Å². The number of carbonyl (C=O) groups excluding carboxylic acids is 1. The quantitative estimate of drug-likeness (QED) is 0.773. The fourth-order valence-corrected chi connectivity index (χ4v) is 3.21. The molecule has 0 bridgehead atoms. The van der Waals surface area contributed by atoms with Gasteiger partial charge < -0.3 is 10.3 Å². The van der Waals surface area contributed by atoms with Crippen LogP contribution in [0.15, 0.2) is 40.5 Å². The summed E-state index contributed by atoms with van der Waals surface area (Å²) in [4.78, 5) is 31.6. The van der Waals surface area contributed by atoms with Gasteiger partial charge in [-0.25, -0.2) is 4.98 Å². The number of rotatable bonds is 4. The molecule has 118 valence electrons. The number of nitrogens with one attached hydrogen (secondary N) is 2. The molecular formula is C17H17N3O2S. The minimum absolute atomic E-state index is 0.214. The fourth-order valence-electron chi connectivity index (χ4n) is 2.37. The SMILES string of the molecule is CCc1nc(C(C)NC(=O)c2cc3ccccc3c(=O)[nH]2)cs1. The van der Waals surface area contributed by atoms with Crippen LogP contribution in [0.3, 0.4) is 0 Å². The van der Waals surface area contributed by atoms with Crippen LogP contribution in [-0.4, -0.2) is 15.9 Å². The Morgan fingerprint density at radius 3 is 2.91 bits per heavy atom. The van der Waals surface area contributed by atoms with E-state index in [1.807, 2.05) is 31.4 Å². The van der Waals surface area contributed by atoms with E-state index >= 15 is 0 Å². The van der Waals surface area contributed by atoms with E-state index in [1.165, 1.54) is 0 Å². The number of pyridine rings is 1. The van der Waals surface area contributed by atoms with Crippen LogP contribution in [0.2, 0.25) is 0 Å². The summed E-state index contributed by atoms with van der Waals surface area (Å²) in [6.07, 6.45) is 0.878. The van der Waals surface area contributed by atoms with E-state index in [0.29, 0.717) is 5.39 Å². The second kappa shape index (κ2) is 6.34. The topological polar surface area (TPSA) is 74.8 Å². The molecule has 23 heavy (non-hydrogen) atoms. The molecule has 2 heterocycles. The number of fused-ring (bicyclic) bond motifs is 1. The molecule has 5 nitrogen and oxygen atoms in total. The maximum absolute atomic E-state index is 12.4. The van der Waals surface area contributed by atoms with Gasteiger partial charge in [0.25, 0.3) is 11.5 Å². The normalized spacial score (nSPS) is 12.3. The molecule has 0 aliphatic rings. The summed E-state index contributed by atoms with van der Waals surface area (Å²) in [7, 11) is 0. The van der Waals surface area contributed by atoms with Crippen molar-refractivity contribution in [3.05, 3.63) is 62.5 Å². The zero-order valence-electron chi connectivity index (χ0n) is 12.9. The van der Waals surface area contributed by atoms with Crippen LogP contribution in [0.1, 0.15) is 41.1 Å². The highest BCUT2D eigenvalue weighted by molar-refractivity contribution is 7.09. The molecule has 0 aliphatic heterocycles. The Morgan fingerprint density at radius 2 is 2.17 bits per heavy atom. The maximum Gasteiger partial charge on any atom is 0.268 e. The second-order valence-electron chi connectivity index (χ2n) is 5.31. The molecule has 0 radical (unpaired) electrons. The van der Waals surface area contributed by atoms with Gasteiger partial charge in [-0.3, -0.25) is 9.59 Å². The lowest BCUT2D eigenvalue weighted by atomic mass is 10.1. The van der Waals surface area contributed by atoms with E-state index in [2.05, 4.69) is 15.3 Å². The van der Waals surface area contributed by atoms with E-state index in [1.54, 1.807) is 29.5 Å². The van der Waals surface area contributed by atoms with Crippen LogP contribution in [0.5, 0.6) is 0 Å². The third-order valence-corrected chi connectivity index (χ3v) is 4.67. The lowest BCUT2D eigenvalue weighted by molar-refractivity contribution is 0.0934. The van der Waals surface area contributed by atoms with Crippen LogP contribution in [0.4, 0.5) is 0 Å². The highest BCUT2D eigenvalue weighted by Gasteiger charge is 2.15. The molecule has 3 rings (SSSR count). The van der Waals surface area contributed by atoms with Crippen molar-refractivity contribution in [2.75, 3.05) is 0 Å². The van der Waals surface area contributed by atoms with Crippen LogP contribution in [0, 0.1) is 0 Å². The van der Waals surface area contributed by atoms with Gasteiger partial charge in [-0.05, 0) is 30.9 Å². The summed E-state index contributed by atoms with van der Waals surface area (Å²) in [5.74, 6) is -0.314. The molecule has 1 aromatic carbocycles. The van der Waals surface area contributed by atoms with Gasteiger partial charge in [0.15, 0.2) is 0 Å². The number of hydrogen-bond donors (Lipinski definition) is 2. The van der Waals surface area contributed by atoms with Gasteiger partial charge in [-0.2, -0.15) is 0 Å². The summed E-state index contributed by atoms with van der Waals surface area (Å²) < 4.78 is 0. The molecule has 0 saturated carbocycles. The van der Waals surface area contributed by atoms with Crippen molar-refractivity contribution in [3.63, 3.8) is 0 Å². The first-order valence-corrected chi connectivity index (χ1v) is 8.33. The van der Waals surface area contributed by atoms with E-state index in [-0.39, 0.29) is 23.2 Å². The van der Waals surface area contributed by atoms with Gasteiger partial charge in [-0.15, -0.1) is 11.3 Å². The van der Waals surface area contributed by atoms with Crippen molar-refractivity contribution in [2.45, 2.75) is 26.3 Å². The summed E-state index contributed by atoms with van der Waals surface area (Å²) in [5, 5.41) is 7.19. The van der Waals surface area contributed by atoms with Gasteiger partial charge in [0.05, 0.1) is 16.7 Å². The minimum atomic E-state index is -0.314. The Bertz CT molecular complexity index is 913. The van der Waals surface area contributed by atoms with Crippen molar-refractivity contribution in [2.24, 2.45) is 0 Å². The number of nitrogens with zero attached hydrogens (tertiary/aromatic N) is 1. The second-order valence-corrected chi connectivity index (χ2v) is 6.26. The number of aromatic nitrogens is 2. The third kappa shape index (κ3) is 3.17. The van der Waals surface area contributed by atoms with Gasteiger partial charge in [0.2, 0.25) is 0 Å². The first-order valence-electron chi connectivity index (χ1n) is 7.45. The standard InChI is InChI=1S/C17H17N3O2S/c1-3-15-19-14(9-23-15)10(2)18-17(22)13-8-11-6-4-5-7-12(11)16(21)20-13/h4-10H,3H2,1-2H3,(H,18,22)(H,20,21). The predicted octanol–water partition coefficient (Wildman–Crippen LogP) is 3.04. The van der Waals surface area contributed by atoms with E-state index < -0.39 is 0 Å². The molecule has 1 amide bonds. The van der Waals surface area contributed by atoms with Crippen molar-refractivity contribution in [3.8, 4) is 0 Å². The lowest BCUT2D eigenvalue weighted by Crippen LogP contribution is -2.29. The number of amides is 1. The molecule has 2 N–H and O–H groups in total. The fraction of sp³-hybridized carbons (Fsp3) is 0.235.